The molecule has 1 saturated carbocycles. The number of nitrogens with zero attached hydrogens (tertiary/aromatic N) is 1. The van der Waals surface area contributed by atoms with Crippen LogP contribution in [0.25, 0.3) is 0 Å². The van der Waals surface area contributed by atoms with Gasteiger partial charge in [0.2, 0.25) is 0 Å². The fraction of sp³-hybridized carbons (Fsp3) is 1.00. The van der Waals surface area contributed by atoms with Gasteiger partial charge < -0.3 is 5.32 Å². The molecule has 2 atom stereocenters. The highest BCUT2D eigenvalue weighted by Crippen LogP contribution is 2.30. The Hall–Kier alpha value is -0.0800. The van der Waals surface area contributed by atoms with E-state index < -0.39 is 0 Å². The zero-order chi connectivity index (χ0) is 14.5. The fourth-order valence-electron chi connectivity index (χ4n) is 4.15. The number of hydrogen-bond acceptors (Lipinski definition) is 2. The molecule has 0 amide bonds. The summed E-state index contributed by atoms with van der Waals surface area (Å²) in [5.74, 6) is 2.71. The van der Waals surface area contributed by atoms with Gasteiger partial charge in [0.05, 0.1) is 0 Å². The van der Waals surface area contributed by atoms with Crippen molar-refractivity contribution in [3.05, 3.63) is 0 Å². The first-order chi connectivity index (χ1) is 9.60. The van der Waals surface area contributed by atoms with E-state index in [1.165, 1.54) is 58.2 Å². The summed E-state index contributed by atoms with van der Waals surface area (Å²) in [4.78, 5) is 2.84. The zero-order valence-electron chi connectivity index (χ0n) is 14.2. The van der Waals surface area contributed by atoms with Crippen LogP contribution in [0.3, 0.4) is 0 Å². The third kappa shape index (κ3) is 4.46. The lowest BCUT2D eigenvalue weighted by Gasteiger charge is -2.44. The second-order valence-electron chi connectivity index (χ2n) is 7.79. The van der Waals surface area contributed by atoms with Crippen LogP contribution in [-0.4, -0.2) is 36.6 Å². The Kier molecular flexibility index (Phi) is 6.35. The average molecular weight is 280 g/mol. The Labute approximate surface area is 126 Å². The SMILES string of the molecule is CCCC1CN(CC2CCC(C)CC2)C(C(C)C)CN1. The second-order valence-corrected chi connectivity index (χ2v) is 7.79. The van der Waals surface area contributed by atoms with E-state index in [-0.39, 0.29) is 0 Å². The molecule has 2 fully saturated rings. The molecule has 118 valence electrons. The first-order valence-corrected chi connectivity index (χ1v) is 9.07. The van der Waals surface area contributed by atoms with Crippen LogP contribution < -0.4 is 5.32 Å². The molecule has 2 unspecified atom stereocenters. The fourth-order valence-corrected chi connectivity index (χ4v) is 4.15. The molecular formula is C18H36N2. The Morgan fingerprint density at radius 1 is 1.15 bits per heavy atom. The maximum atomic E-state index is 3.78. The Morgan fingerprint density at radius 2 is 1.85 bits per heavy atom. The van der Waals surface area contributed by atoms with Crippen molar-refractivity contribution >= 4 is 0 Å². The molecule has 0 radical (unpaired) electrons. The zero-order valence-corrected chi connectivity index (χ0v) is 14.2. The molecular weight excluding hydrogens is 244 g/mol. The molecule has 2 aliphatic rings. The van der Waals surface area contributed by atoms with Crippen LogP contribution in [0.15, 0.2) is 0 Å². The third-order valence-corrected chi connectivity index (χ3v) is 5.57. The molecule has 2 nitrogen and oxygen atoms in total. The van der Waals surface area contributed by atoms with Gasteiger partial charge in [-0.25, -0.2) is 0 Å². The van der Waals surface area contributed by atoms with Gasteiger partial charge in [0.25, 0.3) is 0 Å². The maximum absolute atomic E-state index is 3.78. The highest BCUT2D eigenvalue weighted by molar-refractivity contribution is 4.89. The van der Waals surface area contributed by atoms with Gasteiger partial charge in [-0.05, 0) is 37.0 Å². The van der Waals surface area contributed by atoms with Crippen LogP contribution in [0, 0.1) is 17.8 Å². The maximum Gasteiger partial charge on any atom is 0.0244 e. The smallest absolute Gasteiger partial charge is 0.0244 e. The lowest BCUT2D eigenvalue weighted by Crippen LogP contribution is -2.59. The van der Waals surface area contributed by atoms with Crippen molar-refractivity contribution in [3.63, 3.8) is 0 Å². The molecule has 1 saturated heterocycles. The monoisotopic (exact) mass is 280 g/mol. The highest BCUT2D eigenvalue weighted by atomic mass is 15.2. The van der Waals surface area contributed by atoms with E-state index in [1.807, 2.05) is 0 Å². The van der Waals surface area contributed by atoms with E-state index in [1.54, 1.807) is 0 Å². The summed E-state index contributed by atoms with van der Waals surface area (Å²) in [5, 5.41) is 3.78. The summed E-state index contributed by atoms with van der Waals surface area (Å²) >= 11 is 0. The van der Waals surface area contributed by atoms with Crippen LogP contribution in [0.2, 0.25) is 0 Å². The normalized spacial score (nSPS) is 36.5. The van der Waals surface area contributed by atoms with Crippen LogP contribution >= 0.6 is 0 Å². The first-order valence-electron chi connectivity index (χ1n) is 9.07. The van der Waals surface area contributed by atoms with Gasteiger partial charge in [-0.2, -0.15) is 0 Å². The molecule has 0 aromatic heterocycles. The van der Waals surface area contributed by atoms with Crippen molar-refractivity contribution in [2.45, 2.75) is 78.3 Å². The number of nitrogens with one attached hydrogen (secondary N) is 1. The minimum absolute atomic E-state index is 0.734. The van der Waals surface area contributed by atoms with Crippen LogP contribution in [0.4, 0.5) is 0 Å². The van der Waals surface area contributed by atoms with Crippen LogP contribution in [0.5, 0.6) is 0 Å². The summed E-state index contributed by atoms with van der Waals surface area (Å²) in [6.45, 7) is 13.4. The molecule has 1 N–H and O–H groups in total. The third-order valence-electron chi connectivity index (χ3n) is 5.57. The van der Waals surface area contributed by atoms with E-state index in [2.05, 4.69) is 37.9 Å². The molecule has 0 aromatic rings. The number of rotatable bonds is 5. The summed E-state index contributed by atoms with van der Waals surface area (Å²) in [5.41, 5.74) is 0. The summed E-state index contributed by atoms with van der Waals surface area (Å²) in [6, 6.07) is 1.49. The van der Waals surface area contributed by atoms with Gasteiger partial charge in [0.15, 0.2) is 0 Å². The predicted molar refractivity (Wildman–Crippen MR) is 88.0 cm³/mol. The minimum atomic E-state index is 0.734. The minimum Gasteiger partial charge on any atom is -0.311 e. The summed E-state index contributed by atoms with van der Waals surface area (Å²) in [7, 11) is 0. The van der Waals surface area contributed by atoms with Gasteiger partial charge in [0, 0.05) is 31.7 Å². The molecule has 0 spiro atoms. The molecule has 1 heterocycles. The average Bonchev–Trinajstić information content (AvgIpc) is 2.42. The van der Waals surface area contributed by atoms with E-state index >= 15 is 0 Å². The van der Waals surface area contributed by atoms with Gasteiger partial charge in [-0.15, -0.1) is 0 Å². The quantitative estimate of drug-likeness (QED) is 0.821. The van der Waals surface area contributed by atoms with Crippen molar-refractivity contribution < 1.29 is 0 Å². The largest absolute Gasteiger partial charge is 0.311 e. The van der Waals surface area contributed by atoms with Crippen LogP contribution in [-0.2, 0) is 0 Å². The van der Waals surface area contributed by atoms with Crippen molar-refractivity contribution in [1.29, 1.82) is 0 Å². The van der Waals surface area contributed by atoms with E-state index in [0.717, 1.165) is 29.8 Å². The molecule has 2 heteroatoms. The molecule has 1 aliphatic heterocycles. The Morgan fingerprint density at radius 3 is 2.45 bits per heavy atom. The van der Waals surface area contributed by atoms with Gasteiger partial charge >= 0.3 is 0 Å². The highest BCUT2D eigenvalue weighted by Gasteiger charge is 2.31. The lowest BCUT2D eigenvalue weighted by molar-refractivity contribution is 0.0685. The first kappa shape index (κ1) is 16.3. The van der Waals surface area contributed by atoms with E-state index in [9.17, 15) is 0 Å². The van der Waals surface area contributed by atoms with Crippen molar-refractivity contribution in [3.8, 4) is 0 Å². The standard InChI is InChI=1S/C18H36N2/c1-5-6-17-13-20(18(11-19-17)14(2)3)12-16-9-7-15(4)8-10-16/h14-19H,5-13H2,1-4H3. The lowest BCUT2D eigenvalue weighted by atomic mass is 9.82. The molecule has 2 rings (SSSR count). The van der Waals surface area contributed by atoms with Crippen molar-refractivity contribution in [2.75, 3.05) is 19.6 Å². The number of piperazine rings is 1. The molecule has 1 aliphatic carbocycles. The van der Waals surface area contributed by atoms with Gasteiger partial charge in [-0.1, -0.05) is 47.0 Å². The molecule has 0 aromatic carbocycles. The summed E-state index contributed by atoms with van der Waals surface area (Å²) in [6.07, 6.45) is 8.49. The van der Waals surface area contributed by atoms with Crippen molar-refractivity contribution in [2.24, 2.45) is 17.8 Å². The number of hydrogen-bond donors (Lipinski definition) is 1. The van der Waals surface area contributed by atoms with Gasteiger partial charge in [-0.3, -0.25) is 4.90 Å². The molecule has 0 bridgehead atoms. The van der Waals surface area contributed by atoms with Crippen molar-refractivity contribution in [1.82, 2.24) is 10.2 Å². The second kappa shape index (κ2) is 7.79. The van der Waals surface area contributed by atoms with Crippen LogP contribution in [0.1, 0.15) is 66.2 Å². The Balaban J connectivity index is 1.89. The topological polar surface area (TPSA) is 15.3 Å². The van der Waals surface area contributed by atoms with Gasteiger partial charge in [0.1, 0.15) is 0 Å². The predicted octanol–water partition coefficient (Wildman–Crippen LogP) is 3.91. The molecule has 20 heavy (non-hydrogen) atoms. The Bertz CT molecular complexity index is 269. The van der Waals surface area contributed by atoms with E-state index in [0.29, 0.717) is 0 Å². The summed E-state index contributed by atoms with van der Waals surface area (Å²) < 4.78 is 0. The van der Waals surface area contributed by atoms with E-state index in [4.69, 9.17) is 0 Å².